The molecule has 0 unspecified atom stereocenters. The minimum absolute atomic E-state index is 0.234. The Kier molecular flexibility index (Phi) is 8.65. The highest BCUT2D eigenvalue weighted by atomic mass is 16.3. The molecular formula is C13H24O. The van der Waals surface area contributed by atoms with Crippen LogP contribution >= 0.6 is 0 Å². The topological polar surface area (TPSA) is 20.2 Å². The molecule has 0 aromatic carbocycles. The molecule has 0 saturated carbocycles. The van der Waals surface area contributed by atoms with Crippen molar-refractivity contribution in [1.29, 1.82) is 0 Å². The average molecular weight is 196 g/mol. The molecule has 0 fully saturated rings. The summed E-state index contributed by atoms with van der Waals surface area (Å²) in [5.74, 6) is 0.265. The van der Waals surface area contributed by atoms with Crippen LogP contribution in [-0.2, 0) is 0 Å². The van der Waals surface area contributed by atoms with Crippen molar-refractivity contribution in [3.05, 3.63) is 25.3 Å². The number of hydrogen-bond donors (Lipinski definition) is 1. The molecule has 0 rings (SSSR count). The van der Waals surface area contributed by atoms with Crippen LogP contribution in [0.3, 0.4) is 0 Å². The van der Waals surface area contributed by atoms with E-state index in [1.165, 1.54) is 19.3 Å². The molecule has 1 nitrogen and oxygen atoms in total. The van der Waals surface area contributed by atoms with E-state index in [2.05, 4.69) is 20.1 Å². The highest BCUT2D eigenvalue weighted by molar-refractivity contribution is 4.85. The van der Waals surface area contributed by atoms with Gasteiger partial charge in [0.05, 0.1) is 6.10 Å². The van der Waals surface area contributed by atoms with Gasteiger partial charge in [0.25, 0.3) is 0 Å². The summed E-state index contributed by atoms with van der Waals surface area (Å²) >= 11 is 0. The first-order chi connectivity index (χ1) is 6.76. The van der Waals surface area contributed by atoms with Crippen LogP contribution in [0.15, 0.2) is 25.3 Å². The third kappa shape index (κ3) is 5.98. The van der Waals surface area contributed by atoms with Crippen LogP contribution in [0.5, 0.6) is 0 Å². The van der Waals surface area contributed by atoms with Gasteiger partial charge in [0, 0.05) is 5.92 Å². The number of aliphatic hydroxyl groups excluding tert-OH is 1. The Labute approximate surface area is 88.5 Å². The molecule has 0 bridgehead atoms. The van der Waals surface area contributed by atoms with Crippen LogP contribution in [-0.4, -0.2) is 11.2 Å². The van der Waals surface area contributed by atoms with Gasteiger partial charge in [-0.1, -0.05) is 38.3 Å². The molecule has 0 saturated heterocycles. The lowest BCUT2D eigenvalue weighted by atomic mass is 9.93. The monoisotopic (exact) mass is 196 g/mol. The molecule has 0 aliphatic carbocycles. The second-order valence-electron chi connectivity index (χ2n) is 3.83. The Morgan fingerprint density at radius 1 is 1.21 bits per heavy atom. The number of hydrogen-bond acceptors (Lipinski definition) is 1. The standard InChI is InChI=1S/C13H24O/c1-4-7-9-10-12(6-3)13(14)11-8-5-2/h5-6,12-14H,2-4,7-11H2,1H3/t12-,13-/m0/s1. The molecule has 0 aromatic heterocycles. The van der Waals surface area contributed by atoms with Gasteiger partial charge in [0.2, 0.25) is 0 Å². The largest absolute Gasteiger partial charge is 0.393 e. The molecule has 0 amide bonds. The van der Waals surface area contributed by atoms with Crippen molar-refractivity contribution in [3.8, 4) is 0 Å². The highest BCUT2D eigenvalue weighted by Gasteiger charge is 2.14. The number of rotatable bonds is 9. The average Bonchev–Trinajstić information content (AvgIpc) is 2.21. The van der Waals surface area contributed by atoms with Gasteiger partial charge < -0.3 is 5.11 Å². The summed E-state index contributed by atoms with van der Waals surface area (Å²) in [5.41, 5.74) is 0. The quantitative estimate of drug-likeness (QED) is 0.440. The van der Waals surface area contributed by atoms with Crippen molar-refractivity contribution in [2.75, 3.05) is 0 Å². The number of unbranched alkanes of at least 4 members (excludes halogenated alkanes) is 2. The lowest BCUT2D eigenvalue weighted by molar-refractivity contribution is 0.116. The summed E-state index contributed by atoms with van der Waals surface area (Å²) in [6, 6.07) is 0. The lowest BCUT2D eigenvalue weighted by Crippen LogP contribution is -2.18. The Hall–Kier alpha value is -0.560. The van der Waals surface area contributed by atoms with Crippen LogP contribution in [0.1, 0.15) is 45.4 Å². The molecule has 2 atom stereocenters. The van der Waals surface area contributed by atoms with E-state index in [0.29, 0.717) is 0 Å². The van der Waals surface area contributed by atoms with Gasteiger partial charge in [-0.15, -0.1) is 13.2 Å². The Bertz CT molecular complexity index is 151. The fraction of sp³-hybridized carbons (Fsp3) is 0.692. The fourth-order valence-corrected chi connectivity index (χ4v) is 1.60. The molecular weight excluding hydrogens is 172 g/mol. The van der Waals surface area contributed by atoms with Crippen LogP contribution in [0.4, 0.5) is 0 Å². The lowest BCUT2D eigenvalue weighted by Gasteiger charge is -2.18. The van der Waals surface area contributed by atoms with Crippen molar-refractivity contribution in [2.45, 2.75) is 51.6 Å². The fourth-order valence-electron chi connectivity index (χ4n) is 1.60. The van der Waals surface area contributed by atoms with Gasteiger partial charge >= 0.3 is 0 Å². The predicted molar refractivity (Wildman–Crippen MR) is 63.3 cm³/mol. The molecule has 0 radical (unpaired) electrons. The Morgan fingerprint density at radius 3 is 2.43 bits per heavy atom. The van der Waals surface area contributed by atoms with E-state index in [-0.39, 0.29) is 12.0 Å². The Morgan fingerprint density at radius 2 is 1.93 bits per heavy atom. The van der Waals surface area contributed by atoms with E-state index in [0.717, 1.165) is 19.3 Å². The maximum Gasteiger partial charge on any atom is 0.0605 e. The van der Waals surface area contributed by atoms with E-state index in [1.807, 2.05) is 12.2 Å². The van der Waals surface area contributed by atoms with Crippen LogP contribution in [0.2, 0.25) is 0 Å². The van der Waals surface area contributed by atoms with E-state index in [4.69, 9.17) is 0 Å². The first-order valence-electron chi connectivity index (χ1n) is 5.67. The van der Waals surface area contributed by atoms with Gasteiger partial charge in [-0.2, -0.15) is 0 Å². The third-order valence-corrected chi connectivity index (χ3v) is 2.60. The summed E-state index contributed by atoms with van der Waals surface area (Å²) in [5, 5.41) is 9.82. The van der Waals surface area contributed by atoms with E-state index < -0.39 is 0 Å². The summed E-state index contributed by atoms with van der Waals surface area (Å²) in [4.78, 5) is 0. The van der Waals surface area contributed by atoms with Crippen molar-refractivity contribution < 1.29 is 5.11 Å². The highest BCUT2D eigenvalue weighted by Crippen LogP contribution is 2.18. The van der Waals surface area contributed by atoms with Gasteiger partial charge in [-0.3, -0.25) is 0 Å². The van der Waals surface area contributed by atoms with E-state index >= 15 is 0 Å². The van der Waals surface area contributed by atoms with Gasteiger partial charge in [0.1, 0.15) is 0 Å². The van der Waals surface area contributed by atoms with Crippen molar-refractivity contribution >= 4 is 0 Å². The summed E-state index contributed by atoms with van der Waals surface area (Å²) in [6.07, 6.45) is 9.95. The zero-order chi connectivity index (χ0) is 10.8. The maximum absolute atomic E-state index is 9.82. The predicted octanol–water partition coefficient (Wildman–Crippen LogP) is 3.70. The molecule has 0 aliphatic rings. The van der Waals surface area contributed by atoms with Gasteiger partial charge in [-0.25, -0.2) is 0 Å². The molecule has 14 heavy (non-hydrogen) atoms. The number of aliphatic hydroxyl groups is 1. The van der Waals surface area contributed by atoms with Crippen LogP contribution in [0, 0.1) is 5.92 Å². The molecule has 0 heterocycles. The SMILES string of the molecule is C=CCC[C@H](O)[C@@H](C=C)CCCCC. The second-order valence-corrected chi connectivity index (χ2v) is 3.83. The smallest absolute Gasteiger partial charge is 0.0605 e. The zero-order valence-corrected chi connectivity index (χ0v) is 9.41. The molecule has 0 spiro atoms. The first kappa shape index (κ1) is 13.4. The third-order valence-electron chi connectivity index (χ3n) is 2.60. The molecule has 1 N–H and O–H groups in total. The minimum atomic E-state index is -0.234. The summed E-state index contributed by atoms with van der Waals surface area (Å²) in [6.45, 7) is 9.63. The zero-order valence-electron chi connectivity index (χ0n) is 9.41. The van der Waals surface area contributed by atoms with Gasteiger partial charge in [-0.05, 0) is 19.3 Å². The van der Waals surface area contributed by atoms with Gasteiger partial charge in [0.15, 0.2) is 0 Å². The normalized spacial score (nSPS) is 14.7. The maximum atomic E-state index is 9.82. The number of allylic oxidation sites excluding steroid dienone is 1. The second kappa shape index (κ2) is 9.01. The van der Waals surface area contributed by atoms with Crippen LogP contribution in [0.25, 0.3) is 0 Å². The van der Waals surface area contributed by atoms with Crippen molar-refractivity contribution in [2.24, 2.45) is 5.92 Å². The summed E-state index contributed by atoms with van der Waals surface area (Å²) in [7, 11) is 0. The molecule has 0 aromatic rings. The van der Waals surface area contributed by atoms with Crippen LogP contribution < -0.4 is 0 Å². The van der Waals surface area contributed by atoms with E-state index in [9.17, 15) is 5.11 Å². The van der Waals surface area contributed by atoms with Crippen molar-refractivity contribution in [3.63, 3.8) is 0 Å². The minimum Gasteiger partial charge on any atom is -0.393 e. The molecule has 0 aliphatic heterocycles. The summed E-state index contributed by atoms with van der Waals surface area (Å²) < 4.78 is 0. The first-order valence-corrected chi connectivity index (χ1v) is 5.67. The Balaban J connectivity index is 3.73. The van der Waals surface area contributed by atoms with E-state index in [1.54, 1.807) is 0 Å². The van der Waals surface area contributed by atoms with Crippen molar-refractivity contribution in [1.82, 2.24) is 0 Å². The molecule has 1 heteroatoms. The molecule has 82 valence electrons.